The molecule has 0 aromatic heterocycles. The molecule has 0 spiro atoms. The van der Waals surface area contributed by atoms with Crippen molar-refractivity contribution in [3.63, 3.8) is 0 Å². The van der Waals surface area contributed by atoms with Gasteiger partial charge in [-0.25, -0.2) is 0 Å². The van der Waals surface area contributed by atoms with Crippen LogP contribution < -0.4 is 0 Å². The second kappa shape index (κ2) is 2.48. The van der Waals surface area contributed by atoms with Crippen LogP contribution in [-0.4, -0.2) is 11.3 Å². The van der Waals surface area contributed by atoms with Gasteiger partial charge in [-0.2, -0.15) is 0 Å². The average Bonchev–Trinajstić information content (AvgIpc) is 2.52. The Bertz CT molecular complexity index is 389. The number of hydrogen-bond donors (Lipinski definition) is 1. The Kier molecular flexibility index (Phi) is 1.47. The Morgan fingerprint density at radius 1 is 1.42 bits per heavy atom. The number of carbonyl (C=O) groups excluding carboxylic acids is 1. The van der Waals surface area contributed by atoms with Crippen molar-refractivity contribution in [3.05, 3.63) is 35.5 Å². The van der Waals surface area contributed by atoms with Gasteiger partial charge in [0.15, 0.2) is 6.29 Å². The highest BCUT2D eigenvalue weighted by Gasteiger charge is 2.05. The number of carbonyl (C=O) groups is 1. The highest BCUT2D eigenvalue weighted by atomic mass is 16.1. The molecule has 0 saturated carbocycles. The minimum atomic E-state index is 0.631. The van der Waals surface area contributed by atoms with E-state index < -0.39 is 0 Å². The van der Waals surface area contributed by atoms with Crippen molar-refractivity contribution in [1.82, 2.24) is 4.98 Å². The molecule has 0 bridgehead atoms. The molecule has 0 aromatic carbocycles. The van der Waals surface area contributed by atoms with E-state index in [0.29, 0.717) is 5.69 Å². The number of rotatable bonds is 1. The van der Waals surface area contributed by atoms with Crippen LogP contribution in [0, 0.1) is 6.92 Å². The Labute approximate surface area is 70.6 Å². The molecule has 2 rings (SSSR count). The molecular weight excluding hydrogens is 150 g/mol. The maximum absolute atomic E-state index is 10.5. The molecule has 2 aliphatic rings. The van der Waals surface area contributed by atoms with Crippen molar-refractivity contribution < 1.29 is 4.79 Å². The predicted octanol–water partition coefficient (Wildman–Crippen LogP) is 2.24. The Morgan fingerprint density at radius 2 is 2.25 bits per heavy atom. The summed E-state index contributed by atoms with van der Waals surface area (Å²) in [4.78, 5) is 13.5. The topological polar surface area (TPSA) is 32.9 Å². The number of H-pyrrole nitrogens is 1. The Morgan fingerprint density at radius 3 is 3.00 bits per heavy atom. The lowest BCUT2D eigenvalue weighted by atomic mass is 10.1. The highest BCUT2D eigenvalue weighted by Crippen LogP contribution is 2.24. The van der Waals surface area contributed by atoms with Crippen LogP contribution >= 0.6 is 0 Å². The van der Waals surface area contributed by atoms with Gasteiger partial charge in [-0.1, -0.05) is 12.1 Å². The van der Waals surface area contributed by atoms with Gasteiger partial charge in [0.25, 0.3) is 0 Å². The first-order valence-corrected chi connectivity index (χ1v) is 3.85. The standard InChI is InChI=1S/C10H9NO/c1-7-5-8(6-12)11-10-4-2-3-9(7)10/h2-6,11H,1H3. The van der Waals surface area contributed by atoms with Gasteiger partial charge < -0.3 is 4.98 Å². The summed E-state index contributed by atoms with van der Waals surface area (Å²) in [5.74, 6) is 0. The molecule has 0 saturated heterocycles. The molecule has 0 atom stereocenters. The van der Waals surface area contributed by atoms with Crippen molar-refractivity contribution in [2.45, 2.75) is 6.92 Å². The van der Waals surface area contributed by atoms with E-state index in [4.69, 9.17) is 0 Å². The molecule has 0 aromatic rings. The molecule has 0 radical (unpaired) electrons. The Hall–Kier alpha value is -1.57. The summed E-state index contributed by atoms with van der Waals surface area (Å²) in [7, 11) is 0. The van der Waals surface area contributed by atoms with Crippen molar-refractivity contribution in [3.8, 4) is 11.3 Å². The minimum Gasteiger partial charge on any atom is -0.352 e. The summed E-state index contributed by atoms with van der Waals surface area (Å²) in [6, 6.07) is 7.84. The van der Waals surface area contributed by atoms with E-state index in [1.165, 1.54) is 5.56 Å². The molecule has 0 unspecified atom stereocenters. The van der Waals surface area contributed by atoms with Crippen LogP contribution in [0.3, 0.4) is 0 Å². The maximum Gasteiger partial charge on any atom is 0.166 e. The lowest BCUT2D eigenvalue weighted by Crippen LogP contribution is -1.92. The number of fused-ring (bicyclic) bond motifs is 1. The van der Waals surface area contributed by atoms with Gasteiger partial charge >= 0.3 is 0 Å². The summed E-state index contributed by atoms with van der Waals surface area (Å²) < 4.78 is 0. The second-order valence-electron chi connectivity index (χ2n) is 2.88. The molecular formula is C10H9NO. The second-order valence-corrected chi connectivity index (χ2v) is 2.88. The van der Waals surface area contributed by atoms with Crippen molar-refractivity contribution >= 4 is 6.29 Å². The molecule has 12 heavy (non-hydrogen) atoms. The normalized spacial score (nSPS) is 10.4. The molecule has 0 fully saturated rings. The van der Waals surface area contributed by atoms with E-state index in [1.807, 2.05) is 31.2 Å². The summed E-state index contributed by atoms with van der Waals surface area (Å²) in [5.41, 5.74) is 3.97. The third-order valence-electron chi connectivity index (χ3n) is 2.02. The van der Waals surface area contributed by atoms with Crippen LogP contribution in [0.4, 0.5) is 0 Å². The first kappa shape index (κ1) is 7.10. The zero-order valence-corrected chi connectivity index (χ0v) is 6.79. The minimum absolute atomic E-state index is 0.631. The van der Waals surface area contributed by atoms with Gasteiger partial charge in [-0.15, -0.1) is 0 Å². The summed E-state index contributed by atoms with van der Waals surface area (Å²) in [6.45, 7) is 2.00. The maximum atomic E-state index is 10.5. The summed E-state index contributed by atoms with van der Waals surface area (Å²) in [6.07, 6.45) is 0.833. The van der Waals surface area contributed by atoms with E-state index in [9.17, 15) is 4.79 Å². The smallest absolute Gasteiger partial charge is 0.166 e. The van der Waals surface area contributed by atoms with Gasteiger partial charge in [0.05, 0.1) is 5.69 Å². The zero-order valence-electron chi connectivity index (χ0n) is 6.79. The van der Waals surface area contributed by atoms with Crippen molar-refractivity contribution in [1.29, 1.82) is 0 Å². The number of aromatic amines is 1. The van der Waals surface area contributed by atoms with Gasteiger partial charge in [0.2, 0.25) is 0 Å². The molecule has 2 nitrogen and oxygen atoms in total. The van der Waals surface area contributed by atoms with Crippen LogP contribution in [0.1, 0.15) is 16.1 Å². The fourth-order valence-corrected chi connectivity index (χ4v) is 1.44. The van der Waals surface area contributed by atoms with E-state index in [1.54, 1.807) is 0 Å². The molecule has 1 heterocycles. The van der Waals surface area contributed by atoms with Crippen LogP contribution in [-0.2, 0) is 0 Å². The largest absolute Gasteiger partial charge is 0.352 e. The van der Waals surface area contributed by atoms with Crippen LogP contribution in [0.5, 0.6) is 0 Å². The van der Waals surface area contributed by atoms with Gasteiger partial charge in [0, 0.05) is 11.3 Å². The molecule has 2 heteroatoms. The average molecular weight is 159 g/mol. The number of aryl methyl sites for hydroxylation is 1. The van der Waals surface area contributed by atoms with Crippen molar-refractivity contribution in [2.75, 3.05) is 0 Å². The third-order valence-corrected chi connectivity index (χ3v) is 2.02. The zero-order chi connectivity index (χ0) is 8.55. The summed E-state index contributed by atoms with van der Waals surface area (Å²) in [5, 5.41) is 0. The number of aldehydes is 1. The predicted molar refractivity (Wildman–Crippen MR) is 47.5 cm³/mol. The Balaban J connectivity index is 2.75. The monoisotopic (exact) mass is 159 g/mol. The fraction of sp³-hybridized carbons (Fsp3) is 0.100. The summed E-state index contributed by atoms with van der Waals surface area (Å²) >= 11 is 0. The van der Waals surface area contributed by atoms with Crippen molar-refractivity contribution in [2.24, 2.45) is 0 Å². The number of pyridine rings is 1. The van der Waals surface area contributed by atoms with Gasteiger partial charge in [-0.05, 0) is 24.6 Å². The molecule has 1 aliphatic carbocycles. The SMILES string of the molecule is Cc1cc(C=O)[nH]c2cccc1-2. The molecule has 1 aliphatic heterocycles. The first-order valence-electron chi connectivity index (χ1n) is 3.85. The van der Waals surface area contributed by atoms with Crippen LogP contribution in [0.15, 0.2) is 24.3 Å². The van der Waals surface area contributed by atoms with Crippen LogP contribution in [0.25, 0.3) is 11.3 Å². The lowest BCUT2D eigenvalue weighted by molar-refractivity contribution is 0.111. The molecule has 0 amide bonds. The number of aromatic nitrogens is 1. The van der Waals surface area contributed by atoms with Gasteiger partial charge in [-0.3, -0.25) is 4.79 Å². The lowest BCUT2D eigenvalue weighted by Gasteiger charge is -2.04. The number of nitrogens with one attached hydrogen (secondary N) is 1. The fourth-order valence-electron chi connectivity index (χ4n) is 1.44. The third kappa shape index (κ3) is 0.925. The van der Waals surface area contributed by atoms with E-state index >= 15 is 0 Å². The van der Waals surface area contributed by atoms with E-state index in [0.717, 1.165) is 17.5 Å². The van der Waals surface area contributed by atoms with Crippen LogP contribution in [0.2, 0.25) is 0 Å². The molecule has 60 valence electrons. The van der Waals surface area contributed by atoms with Gasteiger partial charge in [0.1, 0.15) is 0 Å². The highest BCUT2D eigenvalue weighted by molar-refractivity contribution is 5.77. The molecule has 1 N–H and O–H groups in total. The number of hydrogen-bond acceptors (Lipinski definition) is 1. The first-order chi connectivity index (χ1) is 5.81. The quantitative estimate of drug-likeness (QED) is 0.636. The van der Waals surface area contributed by atoms with E-state index in [-0.39, 0.29) is 0 Å². The van der Waals surface area contributed by atoms with E-state index in [2.05, 4.69) is 4.98 Å².